The second-order valence-corrected chi connectivity index (χ2v) is 9.03. The molecule has 0 radical (unpaired) electrons. The summed E-state index contributed by atoms with van der Waals surface area (Å²) in [5, 5.41) is 25.5. The van der Waals surface area contributed by atoms with Crippen LogP contribution in [0.2, 0.25) is 0 Å². The van der Waals surface area contributed by atoms with E-state index in [1.165, 1.54) is 22.7 Å². The molecule has 2 N–H and O–H groups in total. The van der Waals surface area contributed by atoms with E-state index < -0.39 is 23.1 Å². The van der Waals surface area contributed by atoms with Crippen LogP contribution in [0.1, 0.15) is 20.9 Å². The van der Waals surface area contributed by atoms with Gasteiger partial charge in [0, 0.05) is 11.1 Å². The number of fused-ring (bicyclic) bond motifs is 3. The smallest absolute Gasteiger partial charge is 0.357 e. The number of esters is 1. The molecular formula is C24H16O5S2. The first-order chi connectivity index (χ1) is 15.0. The van der Waals surface area contributed by atoms with Gasteiger partial charge in [-0.3, -0.25) is 0 Å². The van der Waals surface area contributed by atoms with Crippen LogP contribution < -0.4 is 0 Å². The molecule has 5 rings (SSSR count). The van der Waals surface area contributed by atoms with E-state index in [9.17, 15) is 19.8 Å². The van der Waals surface area contributed by atoms with Gasteiger partial charge in [0.15, 0.2) is 0 Å². The minimum atomic E-state index is -2.11. The Morgan fingerprint density at radius 3 is 1.68 bits per heavy atom. The number of carboxylic acid groups (broad SMARTS) is 1. The molecule has 4 aromatic rings. The van der Waals surface area contributed by atoms with Crippen LogP contribution in [0.4, 0.5) is 0 Å². The Labute approximate surface area is 185 Å². The zero-order chi connectivity index (χ0) is 21.6. The maximum Gasteiger partial charge on any atom is 0.357 e. The highest BCUT2D eigenvalue weighted by atomic mass is 32.1. The molecule has 31 heavy (non-hydrogen) atoms. The summed E-state index contributed by atoms with van der Waals surface area (Å²) in [7, 11) is 0. The number of thiophene rings is 2. The topological polar surface area (TPSA) is 83.8 Å². The summed E-state index contributed by atoms with van der Waals surface area (Å²) in [6.07, 6.45) is 0. The zero-order valence-electron chi connectivity index (χ0n) is 16.0. The fraction of sp³-hybridized carbons (Fsp3) is 0.0833. The lowest BCUT2D eigenvalue weighted by molar-refractivity contribution is -0.186. The third-order valence-corrected chi connectivity index (χ3v) is 7.46. The minimum absolute atomic E-state index is 0.358. The molecule has 0 unspecified atom stereocenters. The molecule has 154 valence electrons. The molecule has 0 spiro atoms. The van der Waals surface area contributed by atoms with Crippen molar-refractivity contribution < 1.29 is 24.5 Å². The third-order valence-electron chi connectivity index (χ3n) is 5.50. The summed E-state index contributed by atoms with van der Waals surface area (Å²) in [4.78, 5) is 27.1. The van der Waals surface area contributed by atoms with Crippen molar-refractivity contribution in [2.45, 2.75) is 11.2 Å². The van der Waals surface area contributed by atoms with Gasteiger partial charge < -0.3 is 14.9 Å². The average Bonchev–Trinajstić information content (AvgIpc) is 3.54. The van der Waals surface area contributed by atoms with E-state index in [0.717, 1.165) is 0 Å². The highest BCUT2D eigenvalue weighted by Gasteiger charge is 2.56. The Balaban J connectivity index is 1.70. The predicted octanol–water partition coefficient (Wildman–Crippen LogP) is 4.60. The van der Waals surface area contributed by atoms with E-state index in [1.54, 1.807) is 71.4 Å². The van der Waals surface area contributed by atoms with Gasteiger partial charge in [-0.25, -0.2) is 9.59 Å². The van der Waals surface area contributed by atoms with Gasteiger partial charge >= 0.3 is 11.9 Å². The van der Waals surface area contributed by atoms with Crippen LogP contribution in [-0.4, -0.2) is 22.2 Å². The number of rotatable bonds is 5. The van der Waals surface area contributed by atoms with Crippen LogP contribution in [-0.2, 0) is 25.5 Å². The first-order valence-electron chi connectivity index (χ1n) is 9.46. The summed E-state index contributed by atoms with van der Waals surface area (Å²) in [6, 6.07) is 20.6. The fourth-order valence-corrected chi connectivity index (χ4v) is 5.80. The van der Waals surface area contributed by atoms with Gasteiger partial charge in [0.2, 0.25) is 5.60 Å². The highest BCUT2D eigenvalue weighted by Crippen LogP contribution is 2.51. The molecule has 1 aliphatic rings. The molecule has 7 heteroatoms. The Morgan fingerprint density at radius 1 is 0.774 bits per heavy atom. The number of carbonyl (C=O) groups is 2. The second kappa shape index (κ2) is 7.16. The molecular weight excluding hydrogens is 432 g/mol. The normalized spacial score (nSPS) is 14.0. The van der Waals surface area contributed by atoms with E-state index in [2.05, 4.69) is 0 Å². The number of aliphatic hydroxyl groups is 1. The van der Waals surface area contributed by atoms with Crippen molar-refractivity contribution >= 4 is 34.6 Å². The summed E-state index contributed by atoms with van der Waals surface area (Å²) in [6.45, 7) is 0. The third kappa shape index (κ3) is 2.71. The maximum atomic E-state index is 13.6. The number of ether oxygens (including phenoxy) is 1. The SMILES string of the molecule is O=C(OC1(C(=O)O)c2ccccc2-c2ccccc21)C(O)(c1cccs1)c1cccs1. The van der Waals surface area contributed by atoms with E-state index in [4.69, 9.17) is 4.74 Å². The van der Waals surface area contributed by atoms with Crippen molar-refractivity contribution in [3.8, 4) is 11.1 Å². The fourth-order valence-electron chi connectivity index (χ4n) is 4.08. The highest BCUT2D eigenvalue weighted by molar-refractivity contribution is 7.12. The van der Waals surface area contributed by atoms with Gasteiger partial charge in [-0.2, -0.15) is 0 Å². The Kier molecular flexibility index (Phi) is 4.55. The molecule has 0 amide bonds. The number of aliphatic carboxylic acids is 1. The van der Waals surface area contributed by atoms with Crippen molar-refractivity contribution in [2.24, 2.45) is 0 Å². The number of benzene rings is 2. The van der Waals surface area contributed by atoms with Gasteiger partial charge in [0.25, 0.3) is 5.60 Å². The first kappa shape index (κ1) is 19.7. The van der Waals surface area contributed by atoms with E-state index in [1.807, 2.05) is 12.1 Å². The quantitative estimate of drug-likeness (QED) is 0.436. The van der Waals surface area contributed by atoms with Crippen molar-refractivity contribution in [3.05, 3.63) is 104 Å². The van der Waals surface area contributed by atoms with Crippen molar-refractivity contribution in [2.75, 3.05) is 0 Å². The van der Waals surface area contributed by atoms with Crippen LogP contribution in [0.3, 0.4) is 0 Å². The molecule has 0 aliphatic heterocycles. The average molecular weight is 449 g/mol. The van der Waals surface area contributed by atoms with Gasteiger partial charge in [0.05, 0.1) is 9.75 Å². The minimum Gasteiger partial charge on any atom is -0.478 e. The lowest BCUT2D eigenvalue weighted by Gasteiger charge is -2.32. The molecule has 0 saturated heterocycles. The number of carbonyl (C=O) groups excluding carboxylic acids is 1. The molecule has 0 saturated carbocycles. The molecule has 0 fully saturated rings. The van der Waals surface area contributed by atoms with E-state index in [-0.39, 0.29) is 0 Å². The van der Waals surface area contributed by atoms with Gasteiger partial charge in [-0.05, 0) is 34.0 Å². The molecule has 0 atom stereocenters. The van der Waals surface area contributed by atoms with Crippen LogP contribution in [0.25, 0.3) is 11.1 Å². The number of hydrogen-bond donors (Lipinski definition) is 2. The first-order valence-corrected chi connectivity index (χ1v) is 11.2. The molecule has 5 nitrogen and oxygen atoms in total. The van der Waals surface area contributed by atoms with Crippen LogP contribution in [0.5, 0.6) is 0 Å². The lowest BCUT2D eigenvalue weighted by atomic mass is 9.90. The Bertz CT molecular complexity index is 1200. The summed E-state index contributed by atoms with van der Waals surface area (Å²) in [5.41, 5.74) is -2.09. The predicted molar refractivity (Wildman–Crippen MR) is 118 cm³/mol. The number of hydrogen-bond acceptors (Lipinski definition) is 6. The molecule has 0 bridgehead atoms. The second-order valence-electron chi connectivity index (χ2n) is 7.13. The van der Waals surface area contributed by atoms with Crippen molar-refractivity contribution in [3.63, 3.8) is 0 Å². The van der Waals surface area contributed by atoms with Crippen molar-refractivity contribution in [1.29, 1.82) is 0 Å². The van der Waals surface area contributed by atoms with E-state index in [0.29, 0.717) is 32.0 Å². The molecule has 1 aliphatic carbocycles. The van der Waals surface area contributed by atoms with Crippen LogP contribution in [0, 0.1) is 0 Å². The van der Waals surface area contributed by atoms with Crippen LogP contribution in [0.15, 0.2) is 83.6 Å². The van der Waals surface area contributed by atoms with Gasteiger partial charge in [-0.15, -0.1) is 22.7 Å². The zero-order valence-corrected chi connectivity index (χ0v) is 17.7. The Hall–Kier alpha value is -3.26. The summed E-state index contributed by atoms with van der Waals surface area (Å²) < 4.78 is 5.85. The monoisotopic (exact) mass is 448 g/mol. The Morgan fingerprint density at radius 2 is 1.26 bits per heavy atom. The largest absolute Gasteiger partial charge is 0.478 e. The maximum absolute atomic E-state index is 13.6. The number of carboxylic acids is 1. The van der Waals surface area contributed by atoms with Crippen LogP contribution >= 0.6 is 22.7 Å². The molecule has 2 heterocycles. The molecule has 2 aromatic carbocycles. The van der Waals surface area contributed by atoms with Crippen molar-refractivity contribution in [1.82, 2.24) is 0 Å². The standard InChI is InChI=1S/C24H16O5S2/c25-21(26)24(17-9-3-1-7-15(17)16-8-2-4-10-18(16)24)29-22(27)23(28,19-11-5-13-30-19)20-12-6-14-31-20/h1-14,28H,(H,25,26). The van der Waals surface area contributed by atoms with Gasteiger partial charge in [0.1, 0.15) is 0 Å². The van der Waals surface area contributed by atoms with E-state index >= 15 is 0 Å². The lowest BCUT2D eigenvalue weighted by Crippen LogP contribution is -2.46. The summed E-state index contributed by atoms with van der Waals surface area (Å²) >= 11 is 2.40. The van der Waals surface area contributed by atoms with Gasteiger partial charge in [-0.1, -0.05) is 60.7 Å². The molecule has 2 aromatic heterocycles. The summed E-state index contributed by atoms with van der Waals surface area (Å²) in [5.74, 6) is -2.36.